The highest BCUT2D eigenvalue weighted by Gasteiger charge is 2.93. The van der Waals surface area contributed by atoms with E-state index in [2.05, 4.69) is 0 Å². The third-order valence-corrected chi connectivity index (χ3v) is 8.37. The van der Waals surface area contributed by atoms with Gasteiger partial charge in [-0.2, -0.15) is 0 Å². The first-order valence-corrected chi connectivity index (χ1v) is 12.6. The van der Waals surface area contributed by atoms with Crippen LogP contribution in [0.5, 0.6) is 40.2 Å². The number of aliphatic hydroxyl groups is 15. The van der Waals surface area contributed by atoms with Crippen molar-refractivity contribution < 1.29 is 116 Å². The van der Waals surface area contributed by atoms with Crippen molar-refractivity contribution in [1.29, 1.82) is 0 Å². The van der Waals surface area contributed by atoms with Gasteiger partial charge in [-0.1, -0.05) is 0 Å². The van der Waals surface area contributed by atoms with Gasteiger partial charge in [0, 0.05) is 11.1 Å². The molecule has 2 aromatic carbocycles. The number of nitrogens with zero attached hydrogens (tertiary/aromatic N) is 1. The number of Topliss-reactive ketones (excluding diaryl/α,β-unsaturated/α-hetero) is 1. The average Bonchev–Trinajstić information content (AvgIpc) is 3.15. The highest BCUT2D eigenvalue weighted by atomic mass is 16.7. The van der Waals surface area contributed by atoms with Gasteiger partial charge in [-0.05, 0) is 12.1 Å². The van der Waals surface area contributed by atoms with Crippen molar-refractivity contribution in [2.45, 2.75) is 46.5 Å². The van der Waals surface area contributed by atoms with Gasteiger partial charge in [0.1, 0.15) is 11.5 Å². The zero-order valence-electron chi connectivity index (χ0n) is 23.8. The first-order chi connectivity index (χ1) is 21.4. The number of methoxy groups -OCH3 is 2. The van der Waals surface area contributed by atoms with Crippen LogP contribution in [0.15, 0.2) is 12.1 Å². The standard InChI is InChI=1S/C24H29NO23/c1-47-7-3-5-6(4-8(7)48-2)17(32,33)16(10(5)26)18(34,35)20(38)21(39,40)23(43,44)25(24(45,46)22(20,41)42)19(36,37)9-11(27)13(29)15(31)14(30)12(9)28/h3-4,16,27-46H,1-2H3. The Morgan fingerprint density at radius 1 is 0.646 bits per heavy atom. The summed E-state index contributed by atoms with van der Waals surface area (Å²) in [5.41, 5.74) is -10.1. The fourth-order valence-electron chi connectivity index (χ4n) is 5.87. The van der Waals surface area contributed by atoms with Crippen LogP contribution in [0.25, 0.3) is 0 Å². The van der Waals surface area contributed by atoms with Crippen molar-refractivity contribution in [2.24, 2.45) is 5.92 Å². The highest BCUT2D eigenvalue weighted by Crippen LogP contribution is 2.62. The number of fused-ring (bicyclic) bond motifs is 1. The molecule has 1 heterocycles. The summed E-state index contributed by atoms with van der Waals surface area (Å²) in [7, 11) is 2.04. The molecule has 1 aliphatic carbocycles. The van der Waals surface area contributed by atoms with E-state index >= 15 is 0 Å². The van der Waals surface area contributed by atoms with Gasteiger partial charge < -0.3 is 112 Å². The van der Waals surface area contributed by atoms with Crippen molar-refractivity contribution in [3.8, 4) is 40.2 Å². The molecule has 268 valence electrons. The summed E-state index contributed by atoms with van der Waals surface area (Å²) in [6, 6.07) is 1.30. The number of benzene rings is 2. The third-order valence-electron chi connectivity index (χ3n) is 8.37. The number of phenolic OH excluding ortho intramolecular Hbond substituents is 5. The zero-order chi connectivity index (χ0) is 37.3. The van der Waals surface area contributed by atoms with E-state index < -0.39 is 109 Å². The summed E-state index contributed by atoms with van der Waals surface area (Å²) in [5.74, 6) is -54.1. The van der Waals surface area contributed by atoms with Crippen LogP contribution in [-0.4, -0.2) is 162 Å². The molecular formula is C24H29NO23. The monoisotopic (exact) mass is 699 g/mol. The first-order valence-electron chi connectivity index (χ1n) is 12.6. The number of aromatic hydroxyl groups is 5. The maximum atomic E-state index is 13.4. The number of ketones is 1. The summed E-state index contributed by atoms with van der Waals surface area (Å²) in [5, 5.41) is 213. The maximum Gasteiger partial charge on any atom is 0.294 e. The van der Waals surface area contributed by atoms with Gasteiger partial charge in [0.25, 0.3) is 29.3 Å². The predicted molar refractivity (Wildman–Crippen MR) is 137 cm³/mol. The Kier molecular flexibility index (Phi) is 7.73. The van der Waals surface area contributed by atoms with E-state index in [0.717, 1.165) is 14.2 Å². The van der Waals surface area contributed by atoms with E-state index in [9.17, 15) is 107 Å². The van der Waals surface area contributed by atoms with Gasteiger partial charge in [-0.15, -0.1) is 4.90 Å². The molecule has 4 rings (SSSR count). The van der Waals surface area contributed by atoms with Gasteiger partial charge in [-0.25, -0.2) is 0 Å². The molecule has 1 atom stereocenters. The first kappa shape index (κ1) is 36.9. The Bertz CT molecular complexity index is 1640. The second-order valence-electron chi connectivity index (χ2n) is 10.9. The topological polar surface area (TPSA) is 443 Å². The van der Waals surface area contributed by atoms with E-state index in [0.29, 0.717) is 12.1 Å². The SMILES string of the molecule is COc1cc2c(cc1OC)C(O)(O)C(C(O)(O)C1(O)C(O)(O)C(O)(O)N(C(O)(O)c3c(O)c(O)c(O)c(O)c3O)C(O)(O)C1(O)O)C2=O. The van der Waals surface area contributed by atoms with Gasteiger partial charge in [0.2, 0.25) is 34.4 Å². The second kappa shape index (κ2) is 10.1. The lowest BCUT2D eigenvalue weighted by atomic mass is 9.64. The summed E-state index contributed by atoms with van der Waals surface area (Å²) in [6.45, 7) is 0. The number of likely N-dealkylation sites (tertiary alicyclic amines) is 1. The van der Waals surface area contributed by atoms with E-state index in [4.69, 9.17) is 9.47 Å². The largest absolute Gasteiger partial charge is 0.504 e. The van der Waals surface area contributed by atoms with Crippen LogP contribution in [0.2, 0.25) is 0 Å². The molecule has 1 unspecified atom stereocenters. The Labute approximate surface area is 263 Å². The lowest BCUT2D eigenvalue weighted by molar-refractivity contribution is -0.647. The van der Waals surface area contributed by atoms with E-state index in [-0.39, 0.29) is 11.5 Å². The van der Waals surface area contributed by atoms with Crippen LogP contribution >= 0.6 is 0 Å². The number of phenols is 5. The lowest BCUT2D eigenvalue weighted by Crippen LogP contribution is -2.99. The number of piperidine rings is 1. The number of hydrogen-bond donors (Lipinski definition) is 20. The van der Waals surface area contributed by atoms with Gasteiger partial charge in [-0.3, -0.25) is 4.79 Å². The van der Waals surface area contributed by atoms with Crippen molar-refractivity contribution in [3.05, 3.63) is 28.8 Å². The molecule has 1 fully saturated rings. The van der Waals surface area contributed by atoms with Crippen LogP contribution in [0, 0.1) is 5.92 Å². The molecule has 0 saturated carbocycles. The maximum absolute atomic E-state index is 13.4. The third kappa shape index (κ3) is 3.89. The molecule has 20 N–H and O–H groups in total. The van der Waals surface area contributed by atoms with Crippen LogP contribution in [0.3, 0.4) is 0 Å². The number of ether oxygens (including phenoxy) is 2. The number of rotatable bonds is 6. The summed E-state index contributed by atoms with van der Waals surface area (Å²) in [6.07, 6.45) is 0. The Balaban J connectivity index is 2.03. The summed E-state index contributed by atoms with van der Waals surface area (Å²) < 4.78 is 9.86. The van der Waals surface area contributed by atoms with E-state index in [1.165, 1.54) is 0 Å². The molecule has 0 radical (unpaired) electrons. The Hall–Kier alpha value is -3.93. The average molecular weight is 699 g/mol. The molecule has 24 heteroatoms. The molecule has 0 aromatic heterocycles. The number of hydrogen-bond acceptors (Lipinski definition) is 24. The second-order valence-corrected chi connectivity index (χ2v) is 10.9. The highest BCUT2D eigenvalue weighted by molar-refractivity contribution is 6.04. The summed E-state index contributed by atoms with van der Waals surface area (Å²) >= 11 is 0. The molecule has 48 heavy (non-hydrogen) atoms. The van der Waals surface area contributed by atoms with Crippen molar-refractivity contribution >= 4 is 5.78 Å². The molecule has 24 nitrogen and oxygen atoms in total. The van der Waals surface area contributed by atoms with Crippen molar-refractivity contribution in [2.75, 3.05) is 14.2 Å². The molecule has 0 bridgehead atoms. The van der Waals surface area contributed by atoms with Crippen LogP contribution < -0.4 is 9.47 Å². The minimum absolute atomic E-state index is 0.346. The molecular weight excluding hydrogens is 670 g/mol. The number of carbonyl (C=O) groups excluding carboxylic acids is 1. The quantitative estimate of drug-likeness (QED) is 0.0756. The van der Waals surface area contributed by atoms with Crippen molar-refractivity contribution in [3.63, 3.8) is 0 Å². The smallest absolute Gasteiger partial charge is 0.294 e. The predicted octanol–water partition coefficient (Wildman–Crippen LogP) is -8.66. The van der Waals surface area contributed by atoms with E-state index in [1.54, 1.807) is 0 Å². The van der Waals surface area contributed by atoms with Crippen LogP contribution in [0.1, 0.15) is 21.5 Å². The molecule has 2 aliphatic rings. The molecule has 2 aromatic rings. The minimum atomic E-state index is -5.79. The zero-order valence-corrected chi connectivity index (χ0v) is 23.8. The molecule has 0 spiro atoms. The van der Waals surface area contributed by atoms with E-state index in [1.807, 2.05) is 0 Å². The van der Waals surface area contributed by atoms with Gasteiger partial charge in [0.05, 0.1) is 14.2 Å². The fourth-order valence-corrected chi connectivity index (χ4v) is 5.87. The Morgan fingerprint density at radius 2 is 1.02 bits per heavy atom. The van der Waals surface area contributed by atoms with Gasteiger partial charge in [0.15, 0.2) is 28.8 Å². The molecule has 1 saturated heterocycles. The van der Waals surface area contributed by atoms with Crippen molar-refractivity contribution in [1.82, 2.24) is 4.90 Å². The molecule has 0 amide bonds. The lowest BCUT2D eigenvalue weighted by Gasteiger charge is -2.66. The van der Waals surface area contributed by atoms with Crippen LogP contribution in [-0.2, 0) is 11.7 Å². The summed E-state index contributed by atoms with van der Waals surface area (Å²) in [4.78, 5) is 11.5. The Morgan fingerprint density at radius 3 is 1.42 bits per heavy atom. The molecule has 1 aliphatic heterocycles. The van der Waals surface area contributed by atoms with Gasteiger partial charge >= 0.3 is 0 Å². The number of carbonyl (C=O) groups is 1. The van der Waals surface area contributed by atoms with Crippen LogP contribution in [0.4, 0.5) is 0 Å². The normalized spacial score (nSPS) is 23.9. The fraction of sp³-hybridized carbons (Fsp3) is 0.458. The minimum Gasteiger partial charge on any atom is -0.504 e.